The summed E-state index contributed by atoms with van der Waals surface area (Å²) < 4.78 is 19.5. The molecule has 56 heavy (non-hydrogen) atoms. The summed E-state index contributed by atoms with van der Waals surface area (Å²) in [6.45, 7) is 13.0. The van der Waals surface area contributed by atoms with Crippen molar-refractivity contribution in [1.82, 2.24) is 4.90 Å². The molecule has 2 N–H and O–H groups in total. The molecule has 6 nitrogen and oxygen atoms in total. The van der Waals surface area contributed by atoms with Gasteiger partial charge < -0.3 is 23.8 Å². The normalized spacial score (nSPS) is 16.5. The minimum absolute atomic E-state index is 0.141. The monoisotopic (exact) mass is 810 g/mol. The van der Waals surface area contributed by atoms with Crippen molar-refractivity contribution in [3.05, 3.63) is 12.2 Å². The standard InChI is InChI=1S/C49H99NO5Si/c1-5-7-9-11-13-14-15-16-17-18-19-20-21-22-28-34-44-53-49(55-56(3,4)54-45-35-29-27-33-39-50(40-42-51)41-43-52)38-32-26-23-25-31-37-48-46-47(48)36-30-24-12-10-8-6-2/h16-17,47-49,51-52H,5-15,18-46H2,1-4H3/b17-16-. The lowest BCUT2D eigenvalue weighted by Crippen LogP contribution is -2.40. The van der Waals surface area contributed by atoms with Gasteiger partial charge in [-0.2, -0.15) is 0 Å². The van der Waals surface area contributed by atoms with Gasteiger partial charge in [-0.15, -0.1) is 0 Å². The second-order valence-corrected chi connectivity index (χ2v) is 21.3. The number of aliphatic hydroxyl groups is 2. The molecule has 1 rings (SSSR count). The Balaban J connectivity index is 2.26. The second-order valence-electron chi connectivity index (χ2n) is 18.0. The molecule has 334 valence electrons. The molecule has 0 amide bonds. The predicted octanol–water partition coefficient (Wildman–Crippen LogP) is 14.1. The first-order valence-corrected chi connectivity index (χ1v) is 27.8. The maximum Gasteiger partial charge on any atom is 0.333 e. The largest absolute Gasteiger partial charge is 0.395 e. The predicted molar refractivity (Wildman–Crippen MR) is 245 cm³/mol. The number of unbranched alkanes of at least 4 members (excludes halogenated alkanes) is 24. The van der Waals surface area contributed by atoms with Gasteiger partial charge in [0, 0.05) is 26.3 Å². The molecule has 3 unspecified atom stereocenters. The summed E-state index contributed by atoms with van der Waals surface area (Å²) in [6.07, 6.45) is 48.3. The van der Waals surface area contributed by atoms with Crippen LogP contribution >= 0.6 is 0 Å². The molecule has 1 saturated carbocycles. The molecule has 0 saturated heterocycles. The molecule has 0 aromatic rings. The number of ether oxygens (including phenoxy) is 1. The Kier molecular flexibility index (Phi) is 38.5. The molecule has 0 radical (unpaired) electrons. The summed E-state index contributed by atoms with van der Waals surface area (Å²) >= 11 is 0. The van der Waals surface area contributed by atoms with Crippen molar-refractivity contribution < 1.29 is 23.8 Å². The molecule has 3 atom stereocenters. The van der Waals surface area contributed by atoms with Crippen LogP contribution in [0.5, 0.6) is 0 Å². The van der Waals surface area contributed by atoms with Crippen molar-refractivity contribution in [3.8, 4) is 0 Å². The fraction of sp³-hybridized carbons (Fsp3) is 0.959. The quantitative estimate of drug-likeness (QED) is 0.0276. The first-order chi connectivity index (χ1) is 27.5. The van der Waals surface area contributed by atoms with Crippen molar-refractivity contribution in [2.75, 3.05) is 46.1 Å². The van der Waals surface area contributed by atoms with Crippen LogP contribution in [0.4, 0.5) is 0 Å². The van der Waals surface area contributed by atoms with E-state index in [0.717, 1.165) is 70.1 Å². The van der Waals surface area contributed by atoms with Crippen LogP contribution in [-0.4, -0.2) is 76.0 Å². The number of hydrogen-bond acceptors (Lipinski definition) is 6. The van der Waals surface area contributed by atoms with Gasteiger partial charge in [-0.25, -0.2) is 0 Å². The molecule has 0 heterocycles. The van der Waals surface area contributed by atoms with E-state index in [1.165, 1.54) is 173 Å². The Morgan fingerprint density at radius 1 is 0.536 bits per heavy atom. The fourth-order valence-electron chi connectivity index (χ4n) is 8.27. The lowest BCUT2D eigenvalue weighted by molar-refractivity contribution is -0.104. The van der Waals surface area contributed by atoms with Gasteiger partial charge in [-0.1, -0.05) is 174 Å². The minimum atomic E-state index is -2.29. The highest BCUT2D eigenvalue weighted by atomic mass is 28.4. The summed E-state index contributed by atoms with van der Waals surface area (Å²) in [5, 5.41) is 18.5. The maximum atomic E-state index is 9.23. The lowest BCUT2D eigenvalue weighted by atomic mass is 10.0. The second kappa shape index (κ2) is 40.1. The Labute approximate surface area is 351 Å². The molecular weight excluding hydrogens is 711 g/mol. The van der Waals surface area contributed by atoms with Gasteiger partial charge in [-0.05, 0) is 95.7 Å². The number of hydrogen-bond donors (Lipinski definition) is 2. The van der Waals surface area contributed by atoms with E-state index in [1.54, 1.807) is 0 Å². The van der Waals surface area contributed by atoms with Crippen LogP contribution in [0.2, 0.25) is 13.1 Å². The zero-order valence-electron chi connectivity index (χ0n) is 38.2. The molecule has 0 bridgehead atoms. The maximum absolute atomic E-state index is 9.23. The van der Waals surface area contributed by atoms with E-state index in [4.69, 9.17) is 13.6 Å². The third-order valence-corrected chi connectivity index (χ3v) is 13.8. The molecule has 1 aliphatic rings. The Hall–Kier alpha value is -0.283. The molecular formula is C49H99NO5Si. The lowest BCUT2D eigenvalue weighted by Gasteiger charge is -2.29. The molecule has 0 aromatic heterocycles. The zero-order chi connectivity index (χ0) is 40.6. The minimum Gasteiger partial charge on any atom is -0.395 e. The fourth-order valence-corrected chi connectivity index (χ4v) is 9.79. The SMILES string of the molecule is CCCCCCCC/C=C\CCCCCCCCOC(CCCCCCCC1CC1CCCCCCCC)O[Si](C)(C)OCCCCCCN(CCO)CCO. The Bertz CT molecular complexity index is 822. The van der Waals surface area contributed by atoms with E-state index in [0.29, 0.717) is 13.1 Å². The average molecular weight is 810 g/mol. The van der Waals surface area contributed by atoms with Gasteiger partial charge in [0.05, 0.1) is 13.2 Å². The summed E-state index contributed by atoms with van der Waals surface area (Å²) in [7, 11) is -2.29. The summed E-state index contributed by atoms with van der Waals surface area (Å²) in [4.78, 5) is 2.14. The van der Waals surface area contributed by atoms with Gasteiger partial charge in [0.2, 0.25) is 0 Å². The van der Waals surface area contributed by atoms with Gasteiger partial charge >= 0.3 is 8.56 Å². The van der Waals surface area contributed by atoms with Crippen LogP contribution in [0.1, 0.15) is 226 Å². The summed E-state index contributed by atoms with van der Waals surface area (Å²) in [5.41, 5.74) is 0. The van der Waals surface area contributed by atoms with Crippen molar-refractivity contribution in [3.63, 3.8) is 0 Å². The van der Waals surface area contributed by atoms with Crippen molar-refractivity contribution in [1.29, 1.82) is 0 Å². The molecule has 1 aliphatic carbocycles. The van der Waals surface area contributed by atoms with E-state index in [9.17, 15) is 10.2 Å². The van der Waals surface area contributed by atoms with E-state index < -0.39 is 8.56 Å². The number of rotatable bonds is 46. The molecule has 0 spiro atoms. The molecule has 1 fully saturated rings. The van der Waals surface area contributed by atoms with Gasteiger partial charge in [-0.3, -0.25) is 4.90 Å². The van der Waals surface area contributed by atoms with Crippen LogP contribution in [0.15, 0.2) is 12.2 Å². The van der Waals surface area contributed by atoms with E-state index in [2.05, 4.69) is 44.0 Å². The molecule has 0 aromatic carbocycles. The van der Waals surface area contributed by atoms with Crippen molar-refractivity contribution >= 4 is 8.56 Å². The number of aliphatic hydroxyl groups excluding tert-OH is 2. The summed E-state index contributed by atoms with van der Waals surface area (Å²) in [6, 6.07) is 0. The van der Waals surface area contributed by atoms with Crippen molar-refractivity contribution in [2.45, 2.75) is 245 Å². The Morgan fingerprint density at radius 3 is 1.52 bits per heavy atom. The smallest absolute Gasteiger partial charge is 0.333 e. The van der Waals surface area contributed by atoms with Crippen molar-refractivity contribution in [2.24, 2.45) is 11.8 Å². The molecule has 7 heteroatoms. The molecule has 0 aliphatic heterocycles. The van der Waals surface area contributed by atoms with Crippen LogP contribution in [0.25, 0.3) is 0 Å². The first-order valence-electron chi connectivity index (χ1n) is 25.0. The zero-order valence-corrected chi connectivity index (χ0v) is 39.2. The van der Waals surface area contributed by atoms with E-state index in [-0.39, 0.29) is 19.5 Å². The van der Waals surface area contributed by atoms with Gasteiger partial charge in [0.1, 0.15) is 6.29 Å². The highest BCUT2D eigenvalue weighted by Crippen LogP contribution is 2.45. The number of allylic oxidation sites excluding steroid dienone is 2. The topological polar surface area (TPSA) is 71.4 Å². The highest BCUT2D eigenvalue weighted by molar-refractivity contribution is 6.64. The first kappa shape index (κ1) is 53.7. The van der Waals surface area contributed by atoms with E-state index in [1.807, 2.05) is 0 Å². The average Bonchev–Trinajstić information content (AvgIpc) is 3.94. The van der Waals surface area contributed by atoms with Crippen LogP contribution in [-0.2, 0) is 13.6 Å². The Morgan fingerprint density at radius 2 is 0.982 bits per heavy atom. The summed E-state index contributed by atoms with van der Waals surface area (Å²) in [5.74, 6) is 2.10. The highest BCUT2D eigenvalue weighted by Gasteiger charge is 2.35. The van der Waals surface area contributed by atoms with E-state index >= 15 is 0 Å². The van der Waals surface area contributed by atoms with Gasteiger partial charge in [0.15, 0.2) is 0 Å². The van der Waals surface area contributed by atoms with Crippen LogP contribution in [0, 0.1) is 11.8 Å². The van der Waals surface area contributed by atoms with Gasteiger partial charge in [0.25, 0.3) is 0 Å². The number of nitrogens with zero attached hydrogens (tertiary/aromatic N) is 1. The van der Waals surface area contributed by atoms with Crippen LogP contribution < -0.4 is 0 Å². The third-order valence-electron chi connectivity index (χ3n) is 12.0. The van der Waals surface area contributed by atoms with Crippen LogP contribution in [0.3, 0.4) is 0 Å². The third kappa shape index (κ3) is 35.6.